The third-order valence-corrected chi connectivity index (χ3v) is 21.5. The van der Waals surface area contributed by atoms with Crippen molar-refractivity contribution in [2.75, 3.05) is 0 Å². The molecule has 0 saturated heterocycles. The molecular weight excluding hydrogens is 511 g/mol. The molecule has 0 aliphatic heterocycles. The van der Waals surface area contributed by atoms with Gasteiger partial charge in [0.05, 0.1) is 10.7 Å². The van der Waals surface area contributed by atoms with Crippen molar-refractivity contribution in [2.45, 2.75) is 108 Å². The first kappa shape index (κ1) is 23.5. The van der Waals surface area contributed by atoms with Crippen molar-refractivity contribution >= 4 is 47.5 Å². The Morgan fingerprint density at radius 2 is 1.29 bits per heavy atom. The quantitative estimate of drug-likeness (QED) is 0.408. The van der Waals surface area contributed by atoms with Gasteiger partial charge in [0.25, 0.3) is 0 Å². The Bertz CT molecular complexity index is 781. The van der Waals surface area contributed by atoms with E-state index >= 15 is 0 Å². The monoisotopic (exact) mass is 548 g/mol. The summed E-state index contributed by atoms with van der Waals surface area (Å²) in [6.45, 7) is 0. The molecule has 2 aromatic rings. The van der Waals surface area contributed by atoms with Crippen molar-refractivity contribution < 1.29 is 9.90 Å². The normalized spacial score (nSPS) is 21.4. The van der Waals surface area contributed by atoms with E-state index in [1.54, 1.807) is 108 Å². The summed E-state index contributed by atoms with van der Waals surface area (Å²) in [5.74, 6) is -1.19. The summed E-state index contributed by atoms with van der Waals surface area (Å²) in [6.07, 6.45) is 24.2. The zero-order valence-electron chi connectivity index (χ0n) is 18.7. The predicted octanol–water partition coefficient (Wildman–Crippen LogP) is 6.54. The van der Waals surface area contributed by atoms with Crippen molar-refractivity contribution in [1.29, 1.82) is 0 Å². The Labute approximate surface area is 198 Å². The Morgan fingerprint density at radius 3 is 1.74 bits per heavy atom. The van der Waals surface area contributed by atoms with Gasteiger partial charge in [-0.05, 0) is 17.6 Å². The molecule has 1 heterocycles. The number of benzene rings is 1. The molecule has 0 spiro atoms. The van der Waals surface area contributed by atoms with Crippen molar-refractivity contribution in [3.63, 3.8) is 0 Å². The van der Waals surface area contributed by atoms with Crippen LogP contribution in [0.1, 0.15) is 107 Å². The Kier molecular flexibility index (Phi) is 9.06. The molecule has 6 heteroatoms. The molecule has 3 fully saturated rings. The van der Waals surface area contributed by atoms with Gasteiger partial charge in [0.1, 0.15) is 5.52 Å². The predicted molar refractivity (Wildman–Crippen MR) is 128 cm³/mol. The van der Waals surface area contributed by atoms with E-state index in [0.717, 1.165) is 11.5 Å². The van der Waals surface area contributed by atoms with Crippen LogP contribution >= 0.6 is 11.5 Å². The first-order valence-electron chi connectivity index (χ1n) is 12.5. The molecule has 0 bridgehead atoms. The van der Waals surface area contributed by atoms with E-state index in [-0.39, 0.29) is 5.56 Å². The minimum absolute atomic E-state index is 0.155. The van der Waals surface area contributed by atoms with E-state index in [1.165, 1.54) is 17.9 Å². The summed E-state index contributed by atoms with van der Waals surface area (Å²) >= 11 is -0.0905. The molecule has 0 unspecified atom stereocenters. The Hall–Kier alpha value is -0.691. The molecular formula is C25H36N2O2SSn. The van der Waals surface area contributed by atoms with Crippen molar-refractivity contribution in [2.24, 2.45) is 0 Å². The number of carbonyl (C=O) groups excluding carboxylic acids is 1. The van der Waals surface area contributed by atoms with Gasteiger partial charge in [-0.15, -0.1) is 5.10 Å². The van der Waals surface area contributed by atoms with Gasteiger partial charge in [0.15, 0.2) is 0 Å². The average molecular weight is 547 g/mol. The van der Waals surface area contributed by atoms with Crippen LogP contribution in [0.4, 0.5) is 0 Å². The number of aromatic carboxylic acids is 1. The smallest absolute Gasteiger partial charge is 0.106 e. The van der Waals surface area contributed by atoms with Crippen LogP contribution in [0, 0.1) is 0 Å². The van der Waals surface area contributed by atoms with Gasteiger partial charge in [0.2, 0.25) is 0 Å². The van der Waals surface area contributed by atoms with E-state index in [1.807, 2.05) is 0 Å². The fourth-order valence-electron chi connectivity index (χ4n) is 6.27. The maximum absolute atomic E-state index is 10.6. The topological polar surface area (TPSA) is 65.9 Å². The third kappa shape index (κ3) is 6.21. The van der Waals surface area contributed by atoms with Gasteiger partial charge < -0.3 is 9.90 Å². The minimum Gasteiger partial charge on any atom is -0.545 e. The number of carboxylic acid groups (broad SMARTS) is 1. The summed E-state index contributed by atoms with van der Waals surface area (Å²) in [5, 5.41) is 14.3. The summed E-state index contributed by atoms with van der Waals surface area (Å²) < 4.78 is 8.18. The zero-order valence-corrected chi connectivity index (χ0v) is 22.4. The standard InChI is InChI=1S/C7H4N2O2S.3C6H11.Sn/c10-7(11)4-2-1-3-5-6(4)12-9-8-5;3*1-2-4-6-5-3-1;/h1-3H,(H,10,11);3*1H,2-6H2;/q;;;;+1/p-1. The number of nitrogens with zero attached hydrogens (tertiary/aromatic N) is 2. The molecule has 31 heavy (non-hydrogen) atoms. The maximum atomic E-state index is 10.6. The van der Waals surface area contributed by atoms with E-state index in [0.29, 0.717) is 10.2 Å². The van der Waals surface area contributed by atoms with Crippen LogP contribution in [0.25, 0.3) is 10.2 Å². The van der Waals surface area contributed by atoms with Crippen molar-refractivity contribution in [3.05, 3.63) is 23.8 Å². The number of fused-ring (bicyclic) bond motifs is 1. The van der Waals surface area contributed by atoms with Crippen LogP contribution in [0.15, 0.2) is 18.2 Å². The van der Waals surface area contributed by atoms with Crippen LogP contribution in [-0.4, -0.2) is 35.3 Å². The Balaban J connectivity index is 0.000000166. The van der Waals surface area contributed by atoms with Crippen LogP contribution in [-0.2, 0) is 0 Å². The van der Waals surface area contributed by atoms with E-state index < -0.39 is 25.7 Å². The first-order chi connectivity index (χ1) is 15.2. The van der Waals surface area contributed by atoms with Crippen LogP contribution in [0.3, 0.4) is 0 Å². The Morgan fingerprint density at radius 1 is 0.806 bits per heavy atom. The number of hydrogen-bond acceptors (Lipinski definition) is 5. The molecule has 3 aliphatic rings. The number of carboxylic acids is 1. The van der Waals surface area contributed by atoms with Crippen LogP contribution < -0.4 is 5.11 Å². The molecule has 5 rings (SSSR count). The second kappa shape index (κ2) is 12.0. The summed E-state index contributed by atoms with van der Waals surface area (Å²) in [7, 11) is 0. The average Bonchev–Trinajstić information content (AvgIpc) is 3.31. The van der Waals surface area contributed by atoms with Crippen LogP contribution in [0.2, 0.25) is 11.8 Å². The third-order valence-electron chi connectivity index (χ3n) is 7.72. The molecule has 0 atom stereocenters. The van der Waals surface area contributed by atoms with Gasteiger partial charge in [-0.1, -0.05) is 16.6 Å². The van der Waals surface area contributed by atoms with Gasteiger partial charge in [-0.2, -0.15) is 0 Å². The molecule has 0 N–H and O–H groups in total. The largest absolute Gasteiger partial charge is 0.545 e. The molecule has 3 aliphatic carbocycles. The summed E-state index contributed by atoms with van der Waals surface area (Å²) in [4.78, 5) is 10.6. The summed E-state index contributed by atoms with van der Waals surface area (Å²) in [6, 6.07) is 4.82. The van der Waals surface area contributed by atoms with Gasteiger partial charge >= 0.3 is 128 Å². The first-order valence-corrected chi connectivity index (χ1v) is 18.2. The number of hydrogen-bond donors (Lipinski definition) is 0. The number of aromatic nitrogens is 2. The summed E-state index contributed by atoms with van der Waals surface area (Å²) in [5.41, 5.74) is 0.754. The van der Waals surface area contributed by atoms with Gasteiger partial charge in [-0.25, -0.2) is 0 Å². The van der Waals surface area contributed by atoms with Crippen molar-refractivity contribution in [1.82, 2.24) is 9.59 Å². The molecule has 4 nitrogen and oxygen atoms in total. The minimum atomic E-state index is -1.19. The van der Waals surface area contributed by atoms with Crippen molar-refractivity contribution in [3.8, 4) is 0 Å². The molecule has 0 amide bonds. The molecule has 1 aromatic carbocycles. The van der Waals surface area contributed by atoms with Gasteiger partial charge in [-0.3, -0.25) is 0 Å². The fourth-order valence-corrected chi connectivity index (χ4v) is 21.8. The SMILES string of the molecule is C1CC[CH]([Sn+]([CH]2CCCCC2)[CH]2CCCCC2)CC1.O=C([O-])c1cccc2nnsc12. The molecule has 0 radical (unpaired) electrons. The van der Waals surface area contributed by atoms with Gasteiger partial charge in [0, 0.05) is 5.56 Å². The van der Waals surface area contributed by atoms with E-state index in [4.69, 9.17) is 0 Å². The second-order valence-corrected chi connectivity index (χ2v) is 20.3. The van der Waals surface area contributed by atoms with E-state index in [9.17, 15) is 9.90 Å². The second-order valence-electron chi connectivity index (χ2n) is 9.72. The molecule has 168 valence electrons. The number of carbonyl (C=O) groups is 1. The maximum Gasteiger partial charge on any atom is 0.106 e. The fraction of sp³-hybridized carbons (Fsp3) is 0.720. The van der Waals surface area contributed by atoms with Crippen LogP contribution in [0.5, 0.6) is 0 Å². The molecule has 3 saturated carbocycles. The van der Waals surface area contributed by atoms with E-state index in [2.05, 4.69) is 9.59 Å². The molecule has 1 aromatic heterocycles. The zero-order chi connectivity index (χ0) is 21.5. The number of rotatable bonds is 4.